The van der Waals surface area contributed by atoms with Crippen molar-refractivity contribution in [2.24, 2.45) is 0 Å². The molecule has 2 atom stereocenters. The third kappa shape index (κ3) is 6.73. The van der Waals surface area contributed by atoms with E-state index in [1.54, 1.807) is 0 Å². The Hall–Kier alpha value is -2.72. The summed E-state index contributed by atoms with van der Waals surface area (Å²) in [7, 11) is 0. The summed E-state index contributed by atoms with van der Waals surface area (Å²) in [6, 6.07) is 21.5. The van der Waals surface area contributed by atoms with Gasteiger partial charge in [0.25, 0.3) is 0 Å². The molecule has 0 aromatic heterocycles. The number of hydrogen-bond acceptors (Lipinski definition) is 5. The highest BCUT2D eigenvalue weighted by atomic mass is 32.2. The van der Waals surface area contributed by atoms with Gasteiger partial charge in [0.05, 0.1) is 24.0 Å². The zero-order valence-corrected chi connectivity index (χ0v) is 20.5. The van der Waals surface area contributed by atoms with Crippen molar-refractivity contribution >= 4 is 22.7 Å². The van der Waals surface area contributed by atoms with E-state index >= 15 is 0 Å². The molecule has 0 saturated carbocycles. The number of benzene rings is 3. The Bertz CT molecular complexity index is 1080. The van der Waals surface area contributed by atoms with Crippen molar-refractivity contribution in [1.29, 1.82) is 0 Å². The minimum atomic E-state index is -4.76. The van der Waals surface area contributed by atoms with E-state index in [2.05, 4.69) is 38.6 Å². The molecule has 3 aromatic carbocycles. The van der Waals surface area contributed by atoms with Crippen LogP contribution in [0.25, 0.3) is 0 Å². The fourth-order valence-electron chi connectivity index (χ4n) is 4.53. The van der Waals surface area contributed by atoms with Crippen LogP contribution in [0.3, 0.4) is 0 Å². The zero-order chi connectivity index (χ0) is 25.5. The lowest BCUT2D eigenvalue weighted by Gasteiger charge is -2.34. The van der Waals surface area contributed by atoms with Crippen molar-refractivity contribution in [3.8, 4) is 5.75 Å². The number of anilines is 2. The fraction of sp³-hybridized carbons (Fsp3) is 0.333. The SMILES string of the molecule is [O-][S+](NCCCC[C@H](CO)N1c2ccccc2CCc2ccccc21)c1ccc(OC(F)(F)F)cc1. The summed E-state index contributed by atoms with van der Waals surface area (Å²) in [5.41, 5.74) is 4.77. The number of aliphatic hydroxyl groups excluding tert-OH is 1. The van der Waals surface area contributed by atoms with Crippen molar-refractivity contribution in [3.63, 3.8) is 0 Å². The Kier molecular flexibility index (Phi) is 8.79. The first-order valence-corrected chi connectivity index (χ1v) is 13.1. The molecule has 9 heteroatoms. The lowest BCUT2D eigenvalue weighted by atomic mass is 10.0. The van der Waals surface area contributed by atoms with E-state index in [4.69, 9.17) is 0 Å². The first-order chi connectivity index (χ1) is 17.4. The second-order valence-electron chi connectivity index (χ2n) is 8.64. The molecule has 0 fully saturated rings. The summed E-state index contributed by atoms with van der Waals surface area (Å²) in [4.78, 5) is 2.63. The third-order valence-corrected chi connectivity index (χ3v) is 7.38. The highest BCUT2D eigenvalue weighted by Gasteiger charge is 2.31. The molecule has 0 bridgehead atoms. The Morgan fingerprint density at radius 3 is 2.06 bits per heavy atom. The van der Waals surface area contributed by atoms with E-state index in [0.29, 0.717) is 11.4 Å². The van der Waals surface area contributed by atoms with Crippen LogP contribution in [-0.2, 0) is 24.2 Å². The van der Waals surface area contributed by atoms with Gasteiger partial charge in [-0.25, -0.2) is 0 Å². The third-order valence-electron chi connectivity index (χ3n) is 6.21. The minimum absolute atomic E-state index is 0.00831. The van der Waals surface area contributed by atoms with Crippen LogP contribution in [0.1, 0.15) is 30.4 Å². The molecular weight excluding hydrogens is 489 g/mol. The molecule has 0 saturated heterocycles. The summed E-state index contributed by atoms with van der Waals surface area (Å²) in [5.74, 6) is -0.352. The van der Waals surface area contributed by atoms with E-state index in [1.165, 1.54) is 23.3 Å². The highest BCUT2D eigenvalue weighted by molar-refractivity contribution is 7.89. The molecule has 0 radical (unpaired) electrons. The first kappa shape index (κ1) is 26.3. The van der Waals surface area contributed by atoms with Crippen molar-refractivity contribution in [1.82, 2.24) is 4.72 Å². The van der Waals surface area contributed by atoms with Gasteiger partial charge in [-0.3, -0.25) is 0 Å². The summed E-state index contributed by atoms with van der Waals surface area (Å²) in [5, 5.41) is 10.3. The molecule has 1 heterocycles. The maximum Gasteiger partial charge on any atom is 0.573 e. The number of fused-ring (bicyclic) bond motifs is 2. The van der Waals surface area contributed by atoms with Crippen LogP contribution in [0.4, 0.5) is 24.5 Å². The molecule has 0 aliphatic carbocycles. The number of nitrogens with zero attached hydrogens (tertiary/aromatic N) is 1. The Morgan fingerprint density at radius 2 is 1.50 bits per heavy atom. The predicted molar refractivity (Wildman–Crippen MR) is 135 cm³/mol. The molecule has 36 heavy (non-hydrogen) atoms. The molecule has 2 N–H and O–H groups in total. The number of unbranched alkanes of at least 4 members (excludes halogenated alkanes) is 1. The first-order valence-electron chi connectivity index (χ1n) is 11.9. The average Bonchev–Trinajstić information content (AvgIpc) is 3.03. The Labute approximate surface area is 212 Å². The highest BCUT2D eigenvalue weighted by Crippen LogP contribution is 2.38. The van der Waals surface area contributed by atoms with Gasteiger partial charge in [-0.2, -0.15) is 0 Å². The summed E-state index contributed by atoms with van der Waals surface area (Å²) in [6.45, 7) is 0.479. The van der Waals surface area contributed by atoms with Gasteiger partial charge < -0.3 is 19.3 Å². The summed E-state index contributed by atoms with van der Waals surface area (Å²) >= 11 is -1.54. The van der Waals surface area contributed by atoms with Crippen LogP contribution in [0.5, 0.6) is 5.75 Å². The van der Waals surface area contributed by atoms with Crippen molar-refractivity contribution in [2.75, 3.05) is 18.1 Å². The Balaban J connectivity index is 1.33. The molecule has 4 rings (SSSR count). The molecule has 5 nitrogen and oxygen atoms in total. The number of alkyl halides is 3. The van der Waals surface area contributed by atoms with Gasteiger partial charge in [-0.05, 0) is 79.6 Å². The van der Waals surface area contributed by atoms with Crippen molar-refractivity contribution in [2.45, 2.75) is 49.4 Å². The van der Waals surface area contributed by atoms with E-state index in [0.717, 1.165) is 55.6 Å². The van der Waals surface area contributed by atoms with Crippen molar-refractivity contribution in [3.05, 3.63) is 83.9 Å². The van der Waals surface area contributed by atoms with E-state index in [1.807, 2.05) is 24.3 Å². The number of para-hydroxylation sites is 2. The average molecular weight is 519 g/mol. The van der Waals surface area contributed by atoms with Gasteiger partial charge in [0.1, 0.15) is 5.75 Å². The molecule has 0 spiro atoms. The summed E-state index contributed by atoms with van der Waals surface area (Å²) in [6.07, 6.45) is -0.592. The maximum absolute atomic E-state index is 12.4. The second-order valence-corrected chi connectivity index (χ2v) is 9.94. The zero-order valence-electron chi connectivity index (χ0n) is 19.7. The summed E-state index contributed by atoms with van der Waals surface area (Å²) < 4.78 is 56.1. The number of hydrogen-bond donors (Lipinski definition) is 2. The smallest absolute Gasteiger partial charge is 0.573 e. The van der Waals surface area contributed by atoms with Crippen LogP contribution < -0.4 is 14.4 Å². The molecular formula is C27H29F3N2O3S. The molecule has 1 aliphatic heterocycles. The van der Waals surface area contributed by atoms with Gasteiger partial charge >= 0.3 is 6.36 Å². The van der Waals surface area contributed by atoms with Crippen LogP contribution in [0, 0.1) is 0 Å². The van der Waals surface area contributed by atoms with Crippen molar-refractivity contribution < 1.29 is 27.6 Å². The van der Waals surface area contributed by atoms with E-state index in [9.17, 15) is 22.8 Å². The number of aryl methyl sites for hydroxylation is 2. The van der Waals surface area contributed by atoms with E-state index < -0.39 is 17.7 Å². The maximum atomic E-state index is 12.4. The molecule has 1 unspecified atom stereocenters. The lowest BCUT2D eigenvalue weighted by molar-refractivity contribution is -0.274. The molecule has 3 aromatic rings. The number of aliphatic hydroxyl groups is 1. The van der Waals surface area contributed by atoms with E-state index in [-0.39, 0.29) is 18.4 Å². The van der Waals surface area contributed by atoms with Gasteiger partial charge in [-0.15, -0.1) is 17.9 Å². The lowest BCUT2D eigenvalue weighted by Crippen LogP contribution is -2.35. The second kappa shape index (κ2) is 12.0. The van der Waals surface area contributed by atoms with Gasteiger partial charge in [0.2, 0.25) is 0 Å². The topological polar surface area (TPSA) is 67.8 Å². The number of ether oxygens (including phenoxy) is 1. The predicted octanol–water partition coefficient (Wildman–Crippen LogP) is 5.67. The normalized spacial score (nSPS) is 15.0. The van der Waals surface area contributed by atoms with Crippen LogP contribution in [0.15, 0.2) is 77.7 Å². The van der Waals surface area contributed by atoms with Crippen LogP contribution in [-0.4, -0.2) is 35.2 Å². The van der Waals surface area contributed by atoms with Gasteiger partial charge in [0, 0.05) is 17.9 Å². The minimum Gasteiger partial charge on any atom is -0.593 e. The van der Waals surface area contributed by atoms with Gasteiger partial charge in [-0.1, -0.05) is 36.4 Å². The van der Waals surface area contributed by atoms with Crippen LogP contribution in [0.2, 0.25) is 0 Å². The largest absolute Gasteiger partial charge is 0.593 e. The standard InChI is InChI=1S/C27H29F3N2O3S/c28-27(29,30)35-23-14-16-24(17-15-23)36(34)31-18-6-5-9-22(19-33)32-25-10-3-1-7-20(25)12-13-21-8-2-4-11-26(21)32/h1-4,7-8,10-11,14-17,22,31,33H,5-6,9,12-13,18-19H2/t22-,36?/m1/s1. The molecule has 1 aliphatic rings. The molecule has 0 amide bonds. The molecule has 192 valence electrons. The fourth-order valence-corrected chi connectivity index (χ4v) is 5.41. The number of rotatable bonds is 10. The van der Waals surface area contributed by atoms with Crippen LogP contribution >= 0.6 is 0 Å². The monoisotopic (exact) mass is 518 g/mol. The number of halogens is 3. The number of nitrogens with one attached hydrogen (secondary N) is 1. The van der Waals surface area contributed by atoms with Gasteiger partial charge in [0.15, 0.2) is 4.90 Å². The Morgan fingerprint density at radius 1 is 0.917 bits per heavy atom. The quantitative estimate of drug-likeness (QED) is 0.268.